The first kappa shape index (κ1) is 16.9. The van der Waals surface area contributed by atoms with Gasteiger partial charge < -0.3 is 14.7 Å². The Balaban J connectivity index is 1.54. The van der Waals surface area contributed by atoms with Crippen molar-refractivity contribution in [1.82, 2.24) is 9.80 Å². The highest BCUT2D eigenvalue weighted by Gasteiger charge is 2.41. The fourth-order valence-corrected chi connectivity index (χ4v) is 4.11. The van der Waals surface area contributed by atoms with Crippen LogP contribution in [0.3, 0.4) is 0 Å². The Morgan fingerprint density at radius 2 is 1.96 bits per heavy atom. The molecule has 3 aliphatic rings. The van der Waals surface area contributed by atoms with Crippen molar-refractivity contribution >= 4 is 5.91 Å². The number of ether oxygens (including phenoxy) is 1. The Bertz CT molecular complexity index is 440. The summed E-state index contributed by atoms with van der Waals surface area (Å²) in [4.78, 5) is 16.8. The molecular formula is C18H30N2O3. The third-order valence-electron chi connectivity index (χ3n) is 5.85. The molecule has 2 heterocycles. The topological polar surface area (TPSA) is 53.0 Å². The monoisotopic (exact) mass is 322 g/mol. The average Bonchev–Trinajstić information content (AvgIpc) is 2.69. The Kier molecular flexibility index (Phi) is 5.09. The van der Waals surface area contributed by atoms with Gasteiger partial charge in [0.2, 0.25) is 5.91 Å². The molecule has 0 bridgehead atoms. The van der Waals surface area contributed by atoms with Crippen molar-refractivity contribution in [1.29, 1.82) is 0 Å². The minimum absolute atomic E-state index is 0.125. The summed E-state index contributed by atoms with van der Waals surface area (Å²) in [6.07, 6.45) is 6.84. The van der Waals surface area contributed by atoms with Crippen molar-refractivity contribution in [3.05, 3.63) is 12.7 Å². The van der Waals surface area contributed by atoms with E-state index in [9.17, 15) is 9.90 Å². The smallest absolute Gasteiger partial charge is 0.225 e. The molecule has 23 heavy (non-hydrogen) atoms. The summed E-state index contributed by atoms with van der Waals surface area (Å²) in [6, 6.07) is 0. The van der Waals surface area contributed by atoms with Crippen LogP contribution in [0.5, 0.6) is 0 Å². The summed E-state index contributed by atoms with van der Waals surface area (Å²) >= 11 is 0. The molecule has 3 fully saturated rings. The van der Waals surface area contributed by atoms with E-state index in [0.29, 0.717) is 6.42 Å². The van der Waals surface area contributed by atoms with Crippen LogP contribution in [0, 0.1) is 5.41 Å². The van der Waals surface area contributed by atoms with Crippen molar-refractivity contribution in [2.75, 3.05) is 45.9 Å². The molecule has 2 saturated heterocycles. The zero-order chi connectivity index (χ0) is 16.3. The predicted molar refractivity (Wildman–Crippen MR) is 89.1 cm³/mol. The molecule has 1 N–H and O–H groups in total. The van der Waals surface area contributed by atoms with Crippen LogP contribution >= 0.6 is 0 Å². The molecule has 1 saturated carbocycles. The molecule has 0 unspecified atom stereocenters. The number of carbonyl (C=O) groups excluding carboxylic acids is 1. The van der Waals surface area contributed by atoms with E-state index in [-0.39, 0.29) is 11.3 Å². The molecule has 3 rings (SSSR count). The van der Waals surface area contributed by atoms with Gasteiger partial charge in [0.1, 0.15) is 0 Å². The van der Waals surface area contributed by atoms with E-state index in [1.165, 1.54) is 0 Å². The van der Waals surface area contributed by atoms with Crippen molar-refractivity contribution in [3.8, 4) is 0 Å². The van der Waals surface area contributed by atoms with Gasteiger partial charge in [-0.15, -0.1) is 6.58 Å². The van der Waals surface area contributed by atoms with Gasteiger partial charge in [-0.05, 0) is 32.1 Å². The normalized spacial score (nSPS) is 27.3. The van der Waals surface area contributed by atoms with Gasteiger partial charge in [0.05, 0.1) is 25.2 Å². The Hall–Kier alpha value is -0.910. The first-order valence-corrected chi connectivity index (χ1v) is 8.95. The van der Waals surface area contributed by atoms with Crippen LogP contribution in [0.25, 0.3) is 0 Å². The molecular weight excluding hydrogens is 292 g/mol. The SMILES string of the molecule is C=CCN1CCOCC2(CCN(C(=O)CC3(O)CCC3)CC2)C1. The summed E-state index contributed by atoms with van der Waals surface area (Å²) in [5, 5.41) is 10.2. The lowest BCUT2D eigenvalue weighted by Crippen LogP contribution is -2.51. The molecule has 0 aromatic rings. The molecule has 0 aromatic heterocycles. The zero-order valence-corrected chi connectivity index (χ0v) is 14.1. The van der Waals surface area contributed by atoms with E-state index >= 15 is 0 Å². The number of amides is 1. The Labute approximate surface area is 139 Å². The van der Waals surface area contributed by atoms with E-state index in [2.05, 4.69) is 11.5 Å². The number of rotatable bonds is 4. The molecule has 1 spiro atoms. The molecule has 130 valence electrons. The number of nitrogens with zero attached hydrogens (tertiary/aromatic N) is 2. The maximum Gasteiger partial charge on any atom is 0.225 e. The van der Waals surface area contributed by atoms with Gasteiger partial charge in [-0.1, -0.05) is 6.08 Å². The highest BCUT2D eigenvalue weighted by atomic mass is 16.5. The predicted octanol–water partition coefficient (Wildman–Crippen LogP) is 1.42. The van der Waals surface area contributed by atoms with E-state index in [4.69, 9.17) is 4.74 Å². The van der Waals surface area contributed by atoms with Crippen LogP contribution in [0.4, 0.5) is 0 Å². The second kappa shape index (κ2) is 6.91. The molecule has 5 nitrogen and oxygen atoms in total. The van der Waals surface area contributed by atoms with Crippen molar-refractivity contribution in [3.63, 3.8) is 0 Å². The van der Waals surface area contributed by atoms with E-state index in [0.717, 1.165) is 78.0 Å². The third kappa shape index (κ3) is 3.95. The molecule has 1 amide bonds. The van der Waals surface area contributed by atoms with Crippen LogP contribution in [-0.2, 0) is 9.53 Å². The van der Waals surface area contributed by atoms with Crippen LogP contribution in [0.2, 0.25) is 0 Å². The van der Waals surface area contributed by atoms with E-state index in [1.807, 2.05) is 11.0 Å². The lowest BCUT2D eigenvalue weighted by atomic mass is 9.76. The molecule has 0 aromatic carbocycles. The average molecular weight is 322 g/mol. The molecule has 0 radical (unpaired) electrons. The van der Waals surface area contributed by atoms with Crippen molar-refractivity contribution in [2.24, 2.45) is 5.41 Å². The summed E-state index contributed by atoms with van der Waals surface area (Å²) in [5.74, 6) is 0.125. The molecule has 0 atom stereocenters. The van der Waals surface area contributed by atoms with Gasteiger partial charge in [-0.2, -0.15) is 0 Å². The second-order valence-corrected chi connectivity index (χ2v) is 7.71. The lowest BCUT2D eigenvalue weighted by molar-refractivity contribution is -0.143. The van der Waals surface area contributed by atoms with Gasteiger partial charge in [-0.25, -0.2) is 0 Å². The Morgan fingerprint density at radius 3 is 2.57 bits per heavy atom. The number of piperidine rings is 1. The van der Waals surface area contributed by atoms with Crippen LogP contribution in [0.15, 0.2) is 12.7 Å². The highest BCUT2D eigenvalue weighted by molar-refractivity contribution is 5.77. The van der Waals surface area contributed by atoms with E-state index in [1.54, 1.807) is 0 Å². The summed E-state index contributed by atoms with van der Waals surface area (Å²) in [6.45, 7) is 9.91. The van der Waals surface area contributed by atoms with Crippen LogP contribution in [0.1, 0.15) is 38.5 Å². The number of likely N-dealkylation sites (tertiary alicyclic amines) is 1. The van der Waals surface area contributed by atoms with Gasteiger partial charge >= 0.3 is 0 Å². The fourth-order valence-electron chi connectivity index (χ4n) is 4.11. The quantitative estimate of drug-likeness (QED) is 0.796. The highest BCUT2D eigenvalue weighted by Crippen LogP contribution is 2.37. The van der Waals surface area contributed by atoms with Crippen LogP contribution < -0.4 is 0 Å². The lowest BCUT2D eigenvalue weighted by Gasteiger charge is -2.44. The zero-order valence-electron chi connectivity index (χ0n) is 14.1. The minimum atomic E-state index is -0.710. The van der Waals surface area contributed by atoms with Gasteiger partial charge in [0, 0.05) is 38.1 Å². The van der Waals surface area contributed by atoms with Crippen molar-refractivity contribution < 1.29 is 14.6 Å². The largest absolute Gasteiger partial charge is 0.389 e. The van der Waals surface area contributed by atoms with Gasteiger partial charge in [0.25, 0.3) is 0 Å². The van der Waals surface area contributed by atoms with E-state index < -0.39 is 5.60 Å². The second-order valence-electron chi connectivity index (χ2n) is 7.71. The number of carbonyl (C=O) groups is 1. The molecule has 1 aliphatic carbocycles. The number of hydrogen-bond donors (Lipinski definition) is 1. The first-order chi connectivity index (χ1) is 11.0. The third-order valence-corrected chi connectivity index (χ3v) is 5.85. The first-order valence-electron chi connectivity index (χ1n) is 8.95. The maximum atomic E-state index is 12.4. The summed E-state index contributed by atoms with van der Waals surface area (Å²) in [5.41, 5.74) is -0.540. The van der Waals surface area contributed by atoms with Crippen molar-refractivity contribution in [2.45, 2.75) is 44.1 Å². The summed E-state index contributed by atoms with van der Waals surface area (Å²) in [7, 11) is 0. The molecule has 5 heteroatoms. The fraction of sp³-hybridized carbons (Fsp3) is 0.833. The summed E-state index contributed by atoms with van der Waals surface area (Å²) < 4.78 is 5.85. The Morgan fingerprint density at radius 1 is 1.22 bits per heavy atom. The molecule has 2 aliphatic heterocycles. The number of hydrogen-bond acceptors (Lipinski definition) is 4. The number of aliphatic hydroxyl groups is 1. The van der Waals surface area contributed by atoms with Gasteiger partial charge in [0.15, 0.2) is 0 Å². The van der Waals surface area contributed by atoms with Gasteiger partial charge in [-0.3, -0.25) is 9.69 Å². The minimum Gasteiger partial charge on any atom is -0.389 e. The standard InChI is InChI=1S/C18H30N2O3/c1-2-8-19-11-12-23-15-17(14-19)6-9-20(10-7-17)16(21)13-18(22)4-3-5-18/h2,22H,1,3-15H2. The maximum absolute atomic E-state index is 12.4. The van der Waals surface area contributed by atoms with Crippen LogP contribution in [-0.4, -0.2) is 72.4 Å².